The molecule has 0 aliphatic carbocycles. The third-order valence-corrected chi connectivity index (χ3v) is 0. The van der Waals surface area contributed by atoms with Crippen LogP contribution in [0.1, 0.15) is 7.43 Å². The molecule has 0 heterocycles. The van der Waals surface area contributed by atoms with Gasteiger partial charge in [0.15, 0.2) is 0 Å². The van der Waals surface area contributed by atoms with E-state index in [-0.39, 0.29) is 7.43 Å². The topological polar surface area (TPSA) is 0 Å². The van der Waals surface area contributed by atoms with Crippen molar-refractivity contribution in [2.45, 2.75) is 7.43 Å². The number of hydrogen-bond donors (Lipinski definition) is 0. The van der Waals surface area contributed by atoms with Gasteiger partial charge in [0.2, 0.25) is 0 Å². The Morgan fingerprint density at radius 1 is 1.00 bits per heavy atom. The van der Waals surface area contributed by atoms with E-state index in [9.17, 15) is 0 Å². The Morgan fingerprint density at radius 2 is 1.00 bits per heavy atom. The van der Waals surface area contributed by atoms with E-state index in [0.717, 1.165) is 0 Å². The Balaban J connectivity index is 0. The van der Waals surface area contributed by atoms with Crippen LogP contribution in [0.5, 0.6) is 0 Å². The molecule has 0 saturated carbocycles. The Kier molecular flexibility index (Phi) is 10.7. The molecular formula is CH4Cl3Ga. The number of rotatable bonds is 0. The van der Waals surface area contributed by atoms with Crippen molar-refractivity contribution in [3.05, 3.63) is 0 Å². The summed E-state index contributed by atoms with van der Waals surface area (Å²) >= 11 is -2.06. The van der Waals surface area contributed by atoms with Crippen molar-refractivity contribution in [1.82, 2.24) is 0 Å². The molecule has 0 N–H and O–H groups in total. The average Bonchev–Trinajstić information content (AvgIpc) is 0.811. The van der Waals surface area contributed by atoms with E-state index < -0.39 is 13.2 Å². The van der Waals surface area contributed by atoms with Gasteiger partial charge in [-0.1, -0.05) is 7.43 Å². The summed E-state index contributed by atoms with van der Waals surface area (Å²) in [6.45, 7) is 0. The van der Waals surface area contributed by atoms with Crippen LogP contribution >= 0.6 is 28.9 Å². The predicted octanol–water partition coefficient (Wildman–Crippen LogP) is 2.32. The monoisotopic (exact) mass is 190 g/mol. The summed E-state index contributed by atoms with van der Waals surface area (Å²) < 4.78 is 0. The SMILES string of the molecule is C.[Cl][Ga]([Cl])[Cl]. The molecule has 0 aromatic rings. The van der Waals surface area contributed by atoms with Crippen molar-refractivity contribution in [2.75, 3.05) is 0 Å². The summed E-state index contributed by atoms with van der Waals surface area (Å²) in [6, 6.07) is 0. The second-order valence-corrected chi connectivity index (χ2v) is 11.6. The van der Waals surface area contributed by atoms with Gasteiger partial charge in [-0.05, 0) is 0 Å². The molecule has 0 bridgehead atoms. The molecule has 0 atom stereocenters. The van der Waals surface area contributed by atoms with Gasteiger partial charge >= 0.3 is 42.1 Å². The van der Waals surface area contributed by atoms with Gasteiger partial charge in [-0.3, -0.25) is 0 Å². The summed E-state index contributed by atoms with van der Waals surface area (Å²) in [4.78, 5) is 0. The van der Waals surface area contributed by atoms with Gasteiger partial charge in [0.25, 0.3) is 0 Å². The summed E-state index contributed by atoms with van der Waals surface area (Å²) in [5.74, 6) is 0. The summed E-state index contributed by atoms with van der Waals surface area (Å²) in [6.07, 6.45) is 0. The quantitative estimate of drug-likeness (QED) is 0.516. The Morgan fingerprint density at radius 3 is 1.00 bits per heavy atom. The molecule has 0 nitrogen and oxygen atoms in total. The molecule has 0 aromatic carbocycles. The second-order valence-electron chi connectivity index (χ2n) is 0.247. The van der Waals surface area contributed by atoms with Crippen LogP contribution in [0, 0.1) is 0 Å². The van der Waals surface area contributed by atoms with Crippen molar-refractivity contribution >= 4 is 42.1 Å². The van der Waals surface area contributed by atoms with E-state index in [1.54, 1.807) is 0 Å². The van der Waals surface area contributed by atoms with Gasteiger partial charge in [0.1, 0.15) is 0 Å². The maximum atomic E-state index is 4.99. The van der Waals surface area contributed by atoms with Gasteiger partial charge in [-0.2, -0.15) is 0 Å². The average molecular weight is 192 g/mol. The zero-order valence-electron chi connectivity index (χ0n) is 1.71. The first-order chi connectivity index (χ1) is 1.73. The van der Waals surface area contributed by atoms with Crippen LogP contribution in [0.2, 0.25) is 0 Å². The van der Waals surface area contributed by atoms with Gasteiger partial charge in [-0.25, -0.2) is 0 Å². The Bertz CT molecular complexity index is 11.6. The molecule has 0 rings (SSSR count). The van der Waals surface area contributed by atoms with Crippen molar-refractivity contribution in [2.24, 2.45) is 0 Å². The van der Waals surface area contributed by atoms with Gasteiger partial charge in [0, 0.05) is 0 Å². The molecular weight excluding hydrogens is 188 g/mol. The second kappa shape index (κ2) is 5.51. The zero-order chi connectivity index (χ0) is 3.58. The molecule has 0 aliphatic heterocycles. The van der Waals surface area contributed by atoms with Crippen LogP contribution in [0.15, 0.2) is 0 Å². The molecule has 0 fully saturated rings. The van der Waals surface area contributed by atoms with E-state index in [1.165, 1.54) is 0 Å². The Labute approximate surface area is 49.5 Å². The normalized spacial score (nSPS) is 5.40. The molecule has 0 aromatic heterocycles. The van der Waals surface area contributed by atoms with E-state index in [4.69, 9.17) is 28.9 Å². The molecule has 0 aliphatic rings. The number of halogens is 3. The van der Waals surface area contributed by atoms with Gasteiger partial charge < -0.3 is 0 Å². The van der Waals surface area contributed by atoms with E-state index in [2.05, 4.69) is 0 Å². The van der Waals surface area contributed by atoms with Crippen molar-refractivity contribution in [3.63, 3.8) is 0 Å². The van der Waals surface area contributed by atoms with Crippen LogP contribution in [0.3, 0.4) is 0 Å². The summed E-state index contributed by atoms with van der Waals surface area (Å²) in [5.41, 5.74) is 0. The van der Waals surface area contributed by atoms with Crippen molar-refractivity contribution < 1.29 is 0 Å². The molecule has 0 spiro atoms. The predicted molar refractivity (Wildman–Crippen MR) is 30.0 cm³/mol. The van der Waals surface area contributed by atoms with Crippen LogP contribution in [-0.4, -0.2) is 13.2 Å². The fourth-order valence-corrected chi connectivity index (χ4v) is 0. The summed E-state index contributed by atoms with van der Waals surface area (Å²) in [7, 11) is 15.0. The molecule has 32 valence electrons. The van der Waals surface area contributed by atoms with Gasteiger partial charge in [-0.15, -0.1) is 0 Å². The molecule has 0 amide bonds. The van der Waals surface area contributed by atoms with Crippen LogP contribution < -0.4 is 0 Å². The zero-order valence-corrected chi connectivity index (χ0v) is 6.40. The van der Waals surface area contributed by atoms with Gasteiger partial charge in [0.05, 0.1) is 0 Å². The fourth-order valence-electron chi connectivity index (χ4n) is 0. The molecule has 4 heteroatoms. The Hall–Kier alpha value is 1.51. The molecule has 0 saturated heterocycles. The van der Waals surface area contributed by atoms with Crippen LogP contribution in [0.25, 0.3) is 0 Å². The van der Waals surface area contributed by atoms with E-state index in [0.29, 0.717) is 0 Å². The fraction of sp³-hybridized carbons (Fsp3) is 1.00. The van der Waals surface area contributed by atoms with E-state index >= 15 is 0 Å². The number of hydrogen-bond acceptors (Lipinski definition) is 0. The maximum absolute atomic E-state index is 4.99. The van der Waals surface area contributed by atoms with Crippen LogP contribution in [-0.2, 0) is 0 Å². The first kappa shape index (κ1) is 9.71. The molecule has 0 unspecified atom stereocenters. The standard InChI is InChI=1S/CH4.3ClH.Ga/h1H4;3*1H;/q;;;;+3/p-3. The molecule has 0 radical (unpaired) electrons. The van der Waals surface area contributed by atoms with Crippen molar-refractivity contribution in [1.29, 1.82) is 0 Å². The first-order valence-corrected chi connectivity index (χ1v) is 10.2. The minimum atomic E-state index is -2.06. The third-order valence-electron chi connectivity index (χ3n) is 0. The third kappa shape index (κ3) is 29.8. The van der Waals surface area contributed by atoms with Crippen molar-refractivity contribution in [3.8, 4) is 0 Å². The van der Waals surface area contributed by atoms with E-state index in [1.807, 2.05) is 0 Å². The first-order valence-electron chi connectivity index (χ1n) is 0.655. The van der Waals surface area contributed by atoms with Crippen LogP contribution in [0.4, 0.5) is 0 Å². The minimum absolute atomic E-state index is 0. The summed E-state index contributed by atoms with van der Waals surface area (Å²) in [5, 5.41) is 0. The molecule has 5 heavy (non-hydrogen) atoms.